The number of para-hydroxylation sites is 1. The highest BCUT2D eigenvalue weighted by Gasteiger charge is 2.24. The molecule has 4 rings (SSSR count). The van der Waals surface area contributed by atoms with Crippen molar-refractivity contribution >= 4 is 51.9 Å². The number of hydrogen-bond acceptors (Lipinski definition) is 4. The lowest BCUT2D eigenvalue weighted by Gasteiger charge is -2.20. The van der Waals surface area contributed by atoms with Crippen molar-refractivity contribution in [2.75, 3.05) is 0 Å². The zero-order chi connectivity index (χ0) is 19.5. The Labute approximate surface area is 178 Å². The van der Waals surface area contributed by atoms with Crippen LogP contribution in [-0.2, 0) is 5.75 Å². The molecule has 0 N–H and O–H groups in total. The highest BCUT2D eigenvalue weighted by atomic mass is 35.5. The fraction of sp³-hybridized carbons (Fsp3) is 0.318. The first-order valence-corrected chi connectivity index (χ1v) is 11.2. The SMILES string of the molecule is O=C(Oc1cccc(Cl)c1Cl)c1oc2ccccc2c1CSC1CCCCC1. The van der Waals surface area contributed by atoms with Gasteiger partial charge in [0.1, 0.15) is 10.6 Å². The number of furan rings is 1. The van der Waals surface area contributed by atoms with E-state index in [4.69, 9.17) is 32.4 Å². The molecule has 0 spiro atoms. The van der Waals surface area contributed by atoms with Gasteiger partial charge in [-0.05, 0) is 31.0 Å². The third kappa shape index (κ3) is 4.19. The number of fused-ring (bicyclic) bond motifs is 1. The minimum Gasteiger partial charge on any atom is -0.449 e. The Hall–Kier alpha value is -1.62. The van der Waals surface area contributed by atoms with Gasteiger partial charge in [0.15, 0.2) is 5.75 Å². The van der Waals surface area contributed by atoms with Crippen LogP contribution in [0.2, 0.25) is 10.0 Å². The number of carbonyl (C=O) groups is 1. The summed E-state index contributed by atoms with van der Waals surface area (Å²) in [5, 5.41) is 2.14. The van der Waals surface area contributed by atoms with E-state index in [0.29, 0.717) is 15.9 Å². The molecule has 1 heterocycles. The summed E-state index contributed by atoms with van der Waals surface area (Å²) in [4.78, 5) is 12.9. The number of hydrogen-bond donors (Lipinski definition) is 0. The van der Waals surface area contributed by atoms with Gasteiger partial charge in [-0.2, -0.15) is 11.8 Å². The van der Waals surface area contributed by atoms with Gasteiger partial charge in [0.2, 0.25) is 5.76 Å². The predicted octanol–water partition coefficient (Wildman–Crippen LogP) is 7.52. The normalized spacial score (nSPS) is 15.1. The molecule has 3 nitrogen and oxygen atoms in total. The lowest BCUT2D eigenvalue weighted by atomic mass is 10.0. The zero-order valence-corrected chi connectivity index (χ0v) is 17.6. The number of carbonyl (C=O) groups excluding carboxylic acids is 1. The second-order valence-electron chi connectivity index (χ2n) is 6.92. The van der Waals surface area contributed by atoms with Gasteiger partial charge in [-0.25, -0.2) is 4.79 Å². The Morgan fingerprint density at radius 1 is 1.07 bits per heavy atom. The van der Waals surface area contributed by atoms with Crippen molar-refractivity contribution in [3.63, 3.8) is 0 Å². The highest BCUT2D eigenvalue weighted by molar-refractivity contribution is 7.99. The standard InChI is InChI=1S/C22H20Cl2O3S/c23-17-10-6-12-19(20(17)24)27-22(25)21-16(13-28-14-7-2-1-3-8-14)15-9-4-5-11-18(15)26-21/h4-6,9-12,14H,1-3,7-8,13H2. The minimum absolute atomic E-state index is 0.215. The summed E-state index contributed by atoms with van der Waals surface area (Å²) in [6.07, 6.45) is 6.36. The number of ether oxygens (including phenoxy) is 1. The molecule has 28 heavy (non-hydrogen) atoms. The van der Waals surface area contributed by atoms with Gasteiger partial charge in [-0.1, -0.05) is 66.7 Å². The second kappa shape index (κ2) is 8.81. The van der Waals surface area contributed by atoms with E-state index in [1.807, 2.05) is 36.0 Å². The van der Waals surface area contributed by atoms with Crippen LogP contribution in [0, 0.1) is 0 Å². The third-order valence-corrected chi connectivity index (χ3v) is 7.22. The lowest BCUT2D eigenvalue weighted by Crippen LogP contribution is -2.11. The molecule has 3 aromatic rings. The molecule has 6 heteroatoms. The van der Waals surface area contributed by atoms with Crippen LogP contribution < -0.4 is 4.74 Å². The molecule has 0 saturated heterocycles. The van der Waals surface area contributed by atoms with Crippen LogP contribution in [0.5, 0.6) is 5.75 Å². The van der Waals surface area contributed by atoms with Crippen molar-refractivity contribution in [3.05, 3.63) is 63.8 Å². The van der Waals surface area contributed by atoms with Gasteiger partial charge >= 0.3 is 5.97 Å². The number of thioether (sulfide) groups is 1. The molecule has 0 atom stereocenters. The highest BCUT2D eigenvalue weighted by Crippen LogP contribution is 2.36. The summed E-state index contributed by atoms with van der Waals surface area (Å²) < 4.78 is 11.4. The first-order valence-electron chi connectivity index (χ1n) is 9.41. The van der Waals surface area contributed by atoms with E-state index in [2.05, 4.69) is 0 Å². The number of esters is 1. The van der Waals surface area contributed by atoms with Crippen LogP contribution in [0.4, 0.5) is 0 Å². The molecule has 1 aliphatic carbocycles. The molecule has 1 aromatic heterocycles. The fourth-order valence-electron chi connectivity index (χ4n) is 3.55. The Morgan fingerprint density at radius 3 is 2.68 bits per heavy atom. The summed E-state index contributed by atoms with van der Waals surface area (Å²) in [5.41, 5.74) is 1.57. The molecular formula is C22H20Cl2O3S. The van der Waals surface area contributed by atoms with E-state index in [-0.39, 0.29) is 16.5 Å². The molecular weight excluding hydrogens is 415 g/mol. The first-order chi connectivity index (χ1) is 13.6. The van der Waals surface area contributed by atoms with Crippen molar-refractivity contribution in [2.24, 2.45) is 0 Å². The van der Waals surface area contributed by atoms with Crippen molar-refractivity contribution in [1.82, 2.24) is 0 Å². The molecule has 1 aliphatic rings. The summed E-state index contributed by atoms with van der Waals surface area (Å²) in [6.45, 7) is 0. The lowest BCUT2D eigenvalue weighted by molar-refractivity contribution is 0.0703. The molecule has 2 aromatic carbocycles. The Morgan fingerprint density at radius 2 is 1.86 bits per heavy atom. The molecule has 0 unspecified atom stereocenters. The van der Waals surface area contributed by atoms with Crippen LogP contribution in [-0.4, -0.2) is 11.2 Å². The van der Waals surface area contributed by atoms with E-state index in [0.717, 1.165) is 16.7 Å². The maximum atomic E-state index is 12.9. The van der Waals surface area contributed by atoms with Gasteiger partial charge in [0, 0.05) is 22.0 Å². The average molecular weight is 435 g/mol. The van der Waals surface area contributed by atoms with Crippen LogP contribution in [0.15, 0.2) is 46.9 Å². The summed E-state index contributed by atoms with van der Waals surface area (Å²) in [6, 6.07) is 12.7. The molecule has 0 aliphatic heterocycles. The molecule has 1 fully saturated rings. The van der Waals surface area contributed by atoms with E-state index in [9.17, 15) is 4.79 Å². The van der Waals surface area contributed by atoms with Gasteiger partial charge in [0.25, 0.3) is 0 Å². The Bertz CT molecular complexity index is 993. The van der Waals surface area contributed by atoms with Gasteiger partial charge in [0.05, 0.1) is 5.02 Å². The van der Waals surface area contributed by atoms with Crippen molar-refractivity contribution in [1.29, 1.82) is 0 Å². The maximum absolute atomic E-state index is 12.9. The van der Waals surface area contributed by atoms with Crippen LogP contribution in [0.25, 0.3) is 11.0 Å². The van der Waals surface area contributed by atoms with E-state index in [1.165, 1.54) is 32.1 Å². The number of rotatable bonds is 5. The molecule has 0 radical (unpaired) electrons. The van der Waals surface area contributed by atoms with E-state index < -0.39 is 5.97 Å². The summed E-state index contributed by atoms with van der Waals surface area (Å²) in [5.74, 6) is 0.626. The number of halogens is 2. The predicted molar refractivity (Wildman–Crippen MR) is 116 cm³/mol. The maximum Gasteiger partial charge on any atom is 0.380 e. The van der Waals surface area contributed by atoms with Gasteiger partial charge in [-0.15, -0.1) is 0 Å². The first kappa shape index (κ1) is 19.7. The molecule has 146 valence electrons. The van der Waals surface area contributed by atoms with Crippen LogP contribution >= 0.6 is 35.0 Å². The van der Waals surface area contributed by atoms with E-state index >= 15 is 0 Å². The van der Waals surface area contributed by atoms with Crippen LogP contribution in [0.3, 0.4) is 0 Å². The fourth-order valence-corrected chi connectivity index (χ4v) is 5.24. The third-order valence-electron chi connectivity index (χ3n) is 5.02. The second-order valence-corrected chi connectivity index (χ2v) is 8.99. The smallest absolute Gasteiger partial charge is 0.380 e. The van der Waals surface area contributed by atoms with Crippen molar-refractivity contribution < 1.29 is 13.9 Å². The van der Waals surface area contributed by atoms with E-state index in [1.54, 1.807) is 18.2 Å². The monoisotopic (exact) mass is 434 g/mol. The average Bonchev–Trinajstić information content (AvgIpc) is 3.09. The van der Waals surface area contributed by atoms with Gasteiger partial charge < -0.3 is 9.15 Å². The largest absolute Gasteiger partial charge is 0.449 e. The molecule has 0 bridgehead atoms. The van der Waals surface area contributed by atoms with Crippen LogP contribution in [0.1, 0.15) is 48.2 Å². The summed E-state index contributed by atoms with van der Waals surface area (Å²) >= 11 is 14.1. The van der Waals surface area contributed by atoms with Crippen molar-refractivity contribution in [2.45, 2.75) is 43.1 Å². The van der Waals surface area contributed by atoms with Gasteiger partial charge in [-0.3, -0.25) is 0 Å². The minimum atomic E-state index is -0.556. The zero-order valence-electron chi connectivity index (χ0n) is 15.3. The Kier molecular flexibility index (Phi) is 6.19. The Balaban J connectivity index is 1.61. The topological polar surface area (TPSA) is 39.4 Å². The molecule has 1 saturated carbocycles. The quantitative estimate of drug-likeness (QED) is 0.307. The number of benzene rings is 2. The van der Waals surface area contributed by atoms with Crippen molar-refractivity contribution in [3.8, 4) is 5.75 Å². The molecule has 0 amide bonds. The summed E-state index contributed by atoms with van der Waals surface area (Å²) in [7, 11) is 0.